The van der Waals surface area contributed by atoms with Crippen molar-refractivity contribution in [2.45, 2.75) is 23.6 Å². The number of aromatic amines is 1. The summed E-state index contributed by atoms with van der Waals surface area (Å²) < 4.78 is 39.3. The van der Waals surface area contributed by atoms with E-state index in [0.717, 1.165) is 28.1 Å². The molecule has 0 aliphatic carbocycles. The number of para-hydroxylation sites is 2. The Morgan fingerprint density at radius 1 is 1.21 bits per heavy atom. The van der Waals surface area contributed by atoms with Gasteiger partial charge in [0.2, 0.25) is 11.8 Å². The van der Waals surface area contributed by atoms with Gasteiger partial charge in [-0.2, -0.15) is 13.2 Å². The maximum absolute atomic E-state index is 13.1. The first-order chi connectivity index (χ1) is 13.7. The van der Waals surface area contributed by atoms with Gasteiger partial charge < -0.3 is 4.98 Å². The summed E-state index contributed by atoms with van der Waals surface area (Å²) in [6, 6.07) is 10.5. The third kappa shape index (κ3) is 3.84. The van der Waals surface area contributed by atoms with Gasteiger partial charge in [-0.3, -0.25) is 9.59 Å². The molecule has 4 rings (SSSR count). The number of halogens is 4. The third-order valence-electron chi connectivity index (χ3n) is 4.48. The number of benzene rings is 2. The zero-order valence-electron chi connectivity index (χ0n) is 14.7. The number of thioether (sulfide) groups is 1. The molecule has 0 radical (unpaired) electrons. The van der Waals surface area contributed by atoms with Gasteiger partial charge in [0.15, 0.2) is 0 Å². The number of carbonyl (C=O) groups is 2. The van der Waals surface area contributed by atoms with Gasteiger partial charge in [0.05, 0.1) is 38.3 Å². The monoisotopic (exact) mass is 439 g/mol. The fraction of sp³-hybridized carbons (Fsp3) is 0.211. The molecule has 1 unspecified atom stereocenters. The van der Waals surface area contributed by atoms with E-state index >= 15 is 0 Å². The van der Waals surface area contributed by atoms with E-state index < -0.39 is 33.8 Å². The summed E-state index contributed by atoms with van der Waals surface area (Å²) in [6.07, 6.45) is -4.78. The molecular weight excluding hydrogens is 427 g/mol. The Labute approximate surface area is 172 Å². The van der Waals surface area contributed by atoms with Gasteiger partial charge in [-0.05, 0) is 30.3 Å². The van der Waals surface area contributed by atoms with Crippen LogP contribution in [0.4, 0.5) is 18.9 Å². The number of hydrogen-bond donors (Lipinski definition) is 1. The van der Waals surface area contributed by atoms with Crippen molar-refractivity contribution in [1.29, 1.82) is 0 Å². The highest BCUT2D eigenvalue weighted by atomic mass is 35.5. The molecule has 1 N–H and O–H groups in total. The van der Waals surface area contributed by atoms with Crippen molar-refractivity contribution in [3.8, 4) is 0 Å². The SMILES string of the molecule is O=C1CC(SCc2nc3ccccc3[nH]2)C(=O)N1c1ccc(Cl)c(C(F)(F)F)c1. The Kier molecular flexibility index (Phi) is 5.04. The summed E-state index contributed by atoms with van der Waals surface area (Å²) in [5.41, 5.74) is 0.429. The van der Waals surface area contributed by atoms with Crippen LogP contribution in [0.5, 0.6) is 0 Å². The highest BCUT2D eigenvalue weighted by Gasteiger charge is 2.41. The molecule has 1 aliphatic heterocycles. The summed E-state index contributed by atoms with van der Waals surface area (Å²) in [5, 5.41) is -1.18. The number of imide groups is 1. The predicted molar refractivity (Wildman–Crippen MR) is 105 cm³/mol. The molecule has 1 atom stereocenters. The van der Waals surface area contributed by atoms with Crippen molar-refractivity contribution >= 4 is 51.9 Å². The zero-order valence-corrected chi connectivity index (χ0v) is 16.2. The number of hydrogen-bond acceptors (Lipinski definition) is 4. The Morgan fingerprint density at radius 2 is 1.97 bits per heavy atom. The van der Waals surface area contributed by atoms with Crippen LogP contribution in [0.15, 0.2) is 42.5 Å². The predicted octanol–water partition coefficient (Wildman–Crippen LogP) is 4.80. The van der Waals surface area contributed by atoms with Gasteiger partial charge in [0.1, 0.15) is 5.82 Å². The molecule has 1 aliphatic rings. The van der Waals surface area contributed by atoms with Crippen LogP contribution in [0.3, 0.4) is 0 Å². The van der Waals surface area contributed by atoms with Crippen LogP contribution in [0, 0.1) is 0 Å². The van der Waals surface area contributed by atoms with Crippen LogP contribution in [0.1, 0.15) is 17.8 Å². The maximum Gasteiger partial charge on any atom is 0.417 e. The van der Waals surface area contributed by atoms with Crippen molar-refractivity contribution in [2.75, 3.05) is 4.90 Å². The number of H-pyrrole nitrogens is 1. The Bertz CT molecular complexity index is 1080. The summed E-state index contributed by atoms with van der Waals surface area (Å²) in [7, 11) is 0. The van der Waals surface area contributed by atoms with Crippen molar-refractivity contribution in [3.05, 3.63) is 58.9 Å². The molecular formula is C19H13ClF3N3O2S. The van der Waals surface area contributed by atoms with Crippen molar-refractivity contribution in [3.63, 3.8) is 0 Å². The van der Waals surface area contributed by atoms with E-state index in [2.05, 4.69) is 9.97 Å². The van der Waals surface area contributed by atoms with Gasteiger partial charge in [-0.1, -0.05) is 23.7 Å². The molecule has 2 amide bonds. The van der Waals surface area contributed by atoms with E-state index in [4.69, 9.17) is 11.6 Å². The highest BCUT2D eigenvalue weighted by molar-refractivity contribution is 7.99. The molecule has 0 spiro atoms. The average Bonchev–Trinajstić information content (AvgIpc) is 3.20. The second-order valence-corrected chi connectivity index (χ2v) is 8.03. The fourth-order valence-electron chi connectivity index (χ4n) is 3.13. The van der Waals surface area contributed by atoms with Crippen LogP contribution in [0.25, 0.3) is 11.0 Å². The average molecular weight is 440 g/mol. The number of imidazole rings is 1. The molecule has 1 fully saturated rings. The number of nitrogens with zero attached hydrogens (tertiary/aromatic N) is 2. The number of amides is 2. The summed E-state index contributed by atoms with van der Waals surface area (Å²) in [6.45, 7) is 0. The summed E-state index contributed by atoms with van der Waals surface area (Å²) in [5.74, 6) is -0.0828. The van der Waals surface area contributed by atoms with Crippen LogP contribution in [0.2, 0.25) is 5.02 Å². The lowest BCUT2D eigenvalue weighted by atomic mass is 10.2. The summed E-state index contributed by atoms with van der Waals surface area (Å²) in [4.78, 5) is 33.4. The van der Waals surface area contributed by atoms with Gasteiger partial charge in [0, 0.05) is 6.42 Å². The first-order valence-electron chi connectivity index (χ1n) is 8.53. The lowest BCUT2D eigenvalue weighted by molar-refractivity contribution is -0.137. The lowest BCUT2D eigenvalue weighted by Crippen LogP contribution is -2.31. The molecule has 0 bridgehead atoms. The highest BCUT2D eigenvalue weighted by Crippen LogP contribution is 2.39. The topological polar surface area (TPSA) is 66.1 Å². The van der Waals surface area contributed by atoms with Gasteiger partial charge in [-0.15, -0.1) is 11.8 Å². The first-order valence-corrected chi connectivity index (χ1v) is 9.95. The second-order valence-electron chi connectivity index (χ2n) is 6.43. The molecule has 10 heteroatoms. The molecule has 150 valence electrons. The minimum atomic E-state index is -4.69. The molecule has 2 heterocycles. The fourth-order valence-corrected chi connectivity index (χ4v) is 4.36. The van der Waals surface area contributed by atoms with E-state index in [9.17, 15) is 22.8 Å². The molecule has 1 aromatic heterocycles. The molecule has 3 aromatic rings. The quantitative estimate of drug-likeness (QED) is 0.593. The minimum absolute atomic E-state index is 0.0896. The molecule has 5 nitrogen and oxygen atoms in total. The molecule has 2 aromatic carbocycles. The Balaban J connectivity index is 1.51. The standard InChI is InChI=1S/C19H13ClF3N3O2S/c20-12-6-5-10(7-11(12)19(21,22)23)26-17(27)8-15(18(26)28)29-9-16-24-13-3-1-2-4-14(13)25-16/h1-7,15H,8-9H2,(H,24,25). The van der Waals surface area contributed by atoms with Crippen molar-refractivity contribution < 1.29 is 22.8 Å². The number of aromatic nitrogens is 2. The number of alkyl halides is 3. The normalized spacial score (nSPS) is 17.5. The molecule has 1 saturated heterocycles. The van der Waals surface area contributed by atoms with Gasteiger partial charge in [-0.25, -0.2) is 9.88 Å². The zero-order chi connectivity index (χ0) is 20.8. The van der Waals surface area contributed by atoms with E-state index in [1.807, 2.05) is 24.3 Å². The van der Waals surface area contributed by atoms with Crippen LogP contribution in [-0.4, -0.2) is 27.0 Å². The minimum Gasteiger partial charge on any atom is -0.341 e. The van der Waals surface area contributed by atoms with E-state index in [1.54, 1.807) is 0 Å². The van der Waals surface area contributed by atoms with E-state index in [0.29, 0.717) is 11.6 Å². The number of fused-ring (bicyclic) bond motifs is 1. The van der Waals surface area contributed by atoms with Gasteiger partial charge in [0.25, 0.3) is 0 Å². The Hall–Kier alpha value is -2.52. The molecule has 0 saturated carbocycles. The summed E-state index contributed by atoms with van der Waals surface area (Å²) >= 11 is 6.84. The molecule has 29 heavy (non-hydrogen) atoms. The second kappa shape index (κ2) is 7.38. The first kappa shape index (κ1) is 19.8. The van der Waals surface area contributed by atoms with Crippen LogP contribution >= 0.6 is 23.4 Å². The van der Waals surface area contributed by atoms with E-state index in [1.165, 1.54) is 17.8 Å². The van der Waals surface area contributed by atoms with Crippen molar-refractivity contribution in [1.82, 2.24) is 9.97 Å². The number of rotatable bonds is 4. The maximum atomic E-state index is 13.1. The number of carbonyl (C=O) groups excluding carboxylic acids is 2. The van der Waals surface area contributed by atoms with Crippen LogP contribution < -0.4 is 4.90 Å². The van der Waals surface area contributed by atoms with Crippen molar-refractivity contribution in [2.24, 2.45) is 0 Å². The third-order valence-corrected chi connectivity index (χ3v) is 6.02. The smallest absolute Gasteiger partial charge is 0.341 e. The lowest BCUT2D eigenvalue weighted by Gasteiger charge is -2.17. The Morgan fingerprint density at radius 3 is 2.69 bits per heavy atom. The largest absolute Gasteiger partial charge is 0.417 e. The van der Waals surface area contributed by atoms with Gasteiger partial charge >= 0.3 is 6.18 Å². The van der Waals surface area contributed by atoms with E-state index in [-0.39, 0.29) is 12.1 Å². The number of anilines is 1. The number of nitrogens with one attached hydrogen (secondary N) is 1. The van der Waals surface area contributed by atoms with Crippen LogP contribution in [-0.2, 0) is 21.5 Å².